The van der Waals surface area contributed by atoms with Crippen LogP contribution in [0, 0.1) is 6.92 Å². The number of nitrogens with zero attached hydrogens (tertiary/aromatic N) is 3. The molecule has 0 atom stereocenters. The van der Waals surface area contributed by atoms with E-state index in [1.165, 1.54) is 0 Å². The van der Waals surface area contributed by atoms with Crippen molar-refractivity contribution >= 4 is 17.2 Å². The van der Waals surface area contributed by atoms with Crippen LogP contribution in [0.4, 0.5) is 5.69 Å². The Hall–Kier alpha value is -2.69. The van der Waals surface area contributed by atoms with Gasteiger partial charge in [-0.05, 0) is 25.1 Å². The van der Waals surface area contributed by atoms with E-state index in [9.17, 15) is 4.79 Å². The molecule has 0 aliphatic carbocycles. The molecule has 23 heavy (non-hydrogen) atoms. The predicted octanol–water partition coefficient (Wildman–Crippen LogP) is 3.59. The van der Waals surface area contributed by atoms with Gasteiger partial charge in [-0.25, -0.2) is 9.50 Å². The molecular weight excluding hydrogens is 288 g/mol. The maximum Gasteiger partial charge on any atom is 0.274 e. The summed E-state index contributed by atoms with van der Waals surface area (Å²) in [5, 5.41) is 7.19. The number of carbonyl (C=O) groups is 1. The van der Waals surface area contributed by atoms with E-state index in [2.05, 4.69) is 36.2 Å². The molecule has 0 saturated carbocycles. The van der Waals surface area contributed by atoms with E-state index < -0.39 is 0 Å². The second-order valence-electron chi connectivity index (χ2n) is 6.70. The van der Waals surface area contributed by atoms with Gasteiger partial charge in [0.1, 0.15) is 5.69 Å². The minimum Gasteiger partial charge on any atom is -0.321 e. The Bertz CT molecular complexity index is 857. The first-order chi connectivity index (χ1) is 10.8. The Balaban J connectivity index is 1.99. The average Bonchev–Trinajstić information content (AvgIpc) is 2.95. The van der Waals surface area contributed by atoms with Crippen molar-refractivity contribution in [3.63, 3.8) is 0 Å². The van der Waals surface area contributed by atoms with Crippen LogP contribution in [-0.4, -0.2) is 20.5 Å². The van der Waals surface area contributed by atoms with Crippen molar-refractivity contribution < 1.29 is 4.79 Å². The number of aromatic nitrogens is 3. The molecule has 1 amide bonds. The van der Waals surface area contributed by atoms with Crippen LogP contribution >= 0.6 is 0 Å². The molecule has 1 N–H and O–H groups in total. The van der Waals surface area contributed by atoms with Crippen LogP contribution in [0.3, 0.4) is 0 Å². The summed E-state index contributed by atoms with van der Waals surface area (Å²) in [5.74, 6) is -0.219. The fourth-order valence-corrected chi connectivity index (χ4v) is 2.40. The summed E-state index contributed by atoms with van der Waals surface area (Å²) in [4.78, 5) is 17.0. The smallest absolute Gasteiger partial charge is 0.274 e. The van der Waals surface area contributed by atoms with E-state index in [1.54, 1.807) is 16.8 Å². The van der Waals surface area contributed by atoms with E-state index >= 15 is 0 Å². The lowest BCUT2D eigenvalue weighted by Crippen LogP contribution is -2.21. The summed E-state index contributed by atoms with van der Waals surface area (Å²) in [5.41, 5.74) is 3.77. The summed E-state index contributed by atoms with van der Waals surface area (Å²) in [6.07, 6.45) is 1.69. The molecule has 1 aromatic carbocycles. The SMILES string of the molecule is Cc1ccc(NC(=O)c2cc(C(C)(C)C)n3nccc3n2)cc1. The highest BCUT2D eigenvalue weighted by Crippen LogP contribution is 2.23. The number of amides is 1. The lowest BCUT2D eigenvalue weighted by molar-refractivity contribution is 0.102. The quantitative estimate of drug-likeness (QED) is 0.787. The zero-order valence-electron chi connectivity index (χ0n) is 13.8. The Morgan fingerprint density at radius 2 is 1.83 bits per heavy atom. The maximum absolute atomic E-state index is 12.5. The van der Waals surface area contributed by atoms with Crippen molar-refractivity contribution in [3.8, 4) is 0 Å². The molecule has 0 unspecified atom stereocenters. The summed E-state index contributed by atoms with van der Waals surface area (Å²) < 4.78 is 1.78. The number of aryl methyl sites for hydroxylation is 1. The Morgan fingerprint density at radius 1 is 1.13 bits per heavy atom. The molecule has 0 saturated heterocycles. The van der Waals surface area contributed by atoms with Gasteiger partial charge in [0.05, 0.1) is 11.9 Å². The molecule has 0 spiro atoms. The lowest BCUT2D eigenvalue weighted by Gasteiger charge is -2.20. The minimum atomic E-state index is -0.219. The van der Waals surface area contributed by atoms with E-state index in [0.29, 0.717) is 11.3 Å². The van der Waals surface area contributed by atoms with Crippen molar-refractivity contribution in [2.24, 2.45) is 0 Å². The number of rotatable bonds is 2. The number of hydrogen-bond donors (Lipinski definition) is 1. The van der Waals surface area contributed by atoms with Crippen molar-refractivity contribution in [3.05, 3.63) is 59.5 Å². The molecule has 0 radical (unpaired) electrons. The van der Waals surface area contributed by atoms with Crippen molar-refractivity contribution in [2.45, 2.75) is 33.1 Å². The molecule has 0 aliphatic heterocycles. The van der Waals surface area contributed by atoms with Gasteiger partial charge in [0.15, 0.2) is 5.65 Å². The van der Waals surface area contributed by atoms with Gasteiger partial charge >= 0.3 is 0 Å². The topological polar surface area (TPSA) is 59.3 Å². The molecule has 5 nitrogen and oxygen atoms in total. The van der Waals surface area contributed by atoms with Crippen LogP contribution in [0.2, 0.25) is 0 Å². The number of anilines is 1. The third-order valence-corrected chi connectivity index (χ3v) is 3.67. The highest BCUT2D eigenvalue weighted by molar-refractivity contribution is 6.03. The number of fused-ring (bicyclic) bond motifs is 1. The van der Waals surface area contributed by atoms with Crippen LogP contribution in [0.15, 0.2) is 42.6 Å². The van der Waals surface area contributed by atoms with Crippen molar-refractivity contribution in [1.82, 2.24) is 14.6 Å². The third-order valence-electron chi connectivity index (χ3n) is 3.67. The highest BCUT2D eigenvalue weighted by Gasteiger charge is 2.21. The van der Waals surface area contributed by atoms with Gasteiger partial charge in [0, 0.05) is 17.2 Å². The first-order valence-corrected chi connectivity index (χ1v) is 7.58. The van der Waals surface area contributed by atoms with E-state index in [0.717, 1.165) is 16.9 Å². The first kappa shape index (κ1) is 15.2. The molecule has 3 rings (SSSR count). The Labute approximate surface area is 135 Å². The van der Waals surface area contributed by atoms with Gasteiger partial charge in [-0.1, -0.05) is 38.5 Å². The van der Waals surface area contributed by atoms with Crippen LogP contribution < -0.4 is 5.32 Å². The standard InChI is InChI=1S/C18H20N4O/c1-12-5-7-13(8-6-12)20-17(23)14-11-15(18(2,3)4)22-16(21-14)9-10-19-22/h5-11H,1-4H3,(H,20,23). The van der Waals surface area contributed by atoms with Gasteiger partial charge < -0.3 is 5.32 Å². The number of hydrogen-bond acceptors (Lipinski definition) is 3. The normalized spacial score (nSPS) is 11.7. The van der Waals surface area contributed by atoms with E-state index in [1.807, 2.05) is 37.3 Å². The number of nitrogens with one attached hydrogen (secondary N) is 1. The third kappa shape index (κ3) is 3.08. The summed E-state index contributed by atoms with van der Waals surface area (Å²) in [6.45, 7) is 8.28. The lowest BCUT2D eigenvalue weighted by atomic mass is 9.91. The Kier molecular flexibility index (Phi) is 3.64. The van der Waals surface area contributed by atoms with Crippen LogP contribution in [0.5, 0.6) is 0 Å². The molecule has 0 aliphatic rings. The van der Waals surface area contributed by atoms with Crippen LogP contribution in [0.1, 0.15) is 42.5 Å². The van der Waals surface area contributed by atoms with Crippen molar-refractivity contribution in [1.29, 1.82) is 0 Å². The van der Waals surface area contributed by atoms with E-state index in [4.69, 9.17) is 0 Å². The fourth-order valence-electron chi connectivity index (χ4n) is 2.40. The second-order valence-corrected chi connectivity index (χ2v) is 6.70. The molecule has 0 bridgehead atoms. The van der Waals surface area contributed by atoms with Gasteiger partial charge in [-0.15, -0.1) is 0 Å². The van der Waals surface area contributed by atoms with Crippen LogP contribution in [0.25, 0.3) is 5.65 Å². The first-order valence-electron chi connectivity index (χ1n) is 7.58. The summed E-state index contributed by atoms with van der Waals surface area (Å²) in [6, 6.07) is 11.3. The zero-order valence-corrected chi connectivity index (χ0v) is 13.8. The second kappa shape index (κ2) is 5.50. The van der Waals surface area contributed by atoms with Gasteiger partial charge in [-0.3, -0.25) is 4.79 Å². The van der Waals surface area contributed by atoms with E-state index in [-0.39, 0.29) is 11.3 Å². The monoisotopic (exact) mass is 308 g/mol. The molecule has 0 fully saturated rings. The number of carbonyl (C=O) groups excluding carboxylic acids is 1. The fraction of sp³-hybridized carbons (Fsp3) is 0.278. The van der Waals surface area contributed by atoms with Gasteiger partial charge in [0.2, 0.25) is 0 Å². The minimum absolute atomic E-state index is 0.147. The average molecular weight is 308 g/mol. The van der Waals surface area contributed by atoms with Crippen molar-refractivity contribution in [2.75, 3.05) is 5.32 Å². The van der Waals surface area contributed by atoms with Gasteiger partial charge in [-0.2, -0.15) is 5.10 Å². The summed E-state index contributed by atoms with van der Waals surface area (Å²) in [7, 11) is 0. The molecule has 3 aromatic rings. The Morgan fingerprint density at radius 3 is 2.48 bits per heavy atom. The summed E-state index contributed by atoms with van der Waals surface area (Å²) >= 11 is 0. The molecular formula is C18H20N4O. The maximum atomic E-state index is 12.5. The van der Waals surface area contributed by atoms with Gasteiger partial charge in [0.25, 0.3) is 5.91 Å². The molecule has 2 aromatic heterocycles. The number of benzene rings is 1. The molecule has 5 heteroatoms. The highest BCUT2D eigenvalue weighted by atomic mass is 16.1. The molecule has 118 valence electrons. The largest absolute Gasteiger partial charge is 0.321 e. The zero-order chi connectivity index (χ0) is 16.6. The molecule has 2 heterocycles. The van der Waals surface area contributed by atoms with Crippen LogP contribution in [-0.2, 0) is 5.41 Å². The predicted molar refractivity (Wildman–Crippen MR) is 90.8 cm³/mol.